The van der Waals surface area contributed by atoms with Gasteiger partial charge in [0, 0.05) is 24.7 Å². The van der Waals surface area contributed by atoms with Gasteiger partial charge in [-0.05, 0) is 0 Å². The number of hydrogen-bond acceptors (Lipinski definition) is 5. The van der Waals surface area contributed by atoms with Crippen LogP contribution in [-0.2, 0) is 27.7 Å². The van der Waals surface area contributed by atoms with Gasteiger partial charge in [-0.2, -0.15) is 4.72 Å². The minimum absolute atomic E-state index is 0.0384. The fraction of sp³-hybridized carbons (Fsp3) is 0.364. The molecule has 0 unspecified atom stereocenters. The maximum atomic E-state index is 12.1. The lowest BCUT2D eigenvalue weighted by Gasteiger charge is -2.12. The van der Waals surface area contributed by atoms with Crippen LogP contribution in [0.2, 0.25) is 0 Å². The van der Waals surface area contributed by atoms with Crippen LogP contribution in [0.5, 0.6) is 0 Å². The fourth-order valence-electron chi connectivity index (χ4n) is 1.71. The molecule has 2 aromatic heterocycles. The van der Waals surface area contributed by atoms with Crippen molar-refractivity contribution in [3.8, 4) is 0 Å². The Kier molecular flexibility index (Phi) is 4.38. The summed E-state index contributed by atoms with van der Waals surface area (Å²) in [6.07, 6.45) is 4.51. The molecule has 0 aromatic carbocycles. The Bertz CT molecular complexity index is 707. The highest BCUT2D eigenvalue weighted by molar-refractivity contribution is 7.89. The summed E-state index contributed by atoms with van der Waals surface area (Å²) < 4.78 is 26.4. The molecule has 0 aliphatic rings. The second-order valence-corrected chi connectivity index (χ2v) is 6.02. The van der Waals surface area contributed by atoms with Crippen LogP contribution in [0.25, 0.3) is 0 Å². The van der Waals surface area contributed by atoms with Crippen LogP contribution in [-0.4, -0.2) is 45.5 Å². The highest BCUT2D eigenvalue weighted by Gasteiger charge is 2.27. The summed E-state index contributed by atoms with van der Waals surface area (Å²) in [5, 5.41) is 8.99. The number of carboxylic acids is 1. The van der Waals surface area contributed by atoms with E-state index in [0.717, 1.165) is 6.20 Å². The molecule has 114 valence electrons. The summed E-state index contributed by atoms with van der Waals surface area (Å²) >= 11 is 0. The van der Waals surface area contributed by atoms with E-state index in [1.54, 1.807) is 0 Å². The van der Waals surface area contributed by atoms with Gasteiger partial charge in [-0.15, -0.1) is 0 Å². The lowest BCUT2D eigenvalue weighted by atomic mass is 10.2. The number of nitrogens with zero attached hydrogens (tertiary/aromatic N) is 2. The molecule has 9 nitrogen and oxygen atoms in total. The summed E-state index contributed by atoms with van der Waals surface area (Å²) in [5.74, 6) is -0.765. The Hall–Kier alpha value is -2.20. The fourth-order valence-corrected chi connectivity index (χ4v) is 2.84. The van der Waals surface area contributed by atoms with Gasteiger partial charge >= 0.3 is 5.97 Å². The van der Waals surface area contributed by atoms with E-state index in [0.29, 0.717) is 17.9 Å². The molecular weight excluding hydrogens is 298 g/mol. The first-order chi connectivity index (χ1) is 9.92. The lowest BCUT2D eigenvalue weighted by Crippen LogP contribution is -2.42. The van der Waals surface area contributed by atoms with Gasteiger partial charge in [-0.1, -0.05) is 6.92 Å². The van der Waals surface area contributed by atoms with Crippen LogP contribution in [0.3, 0.4) is 0 Å². The highest BCUT2D eigenvalue weighted by atomic mass is 32.2. The van der Waals surface area contributed by atoms with Crippen LogP contribution < -0.4 is 4.72 Å². The van der Waals surface area contributed by atoms with Crippen molar-refractivity contribution in [1.29, 1.82) is 0 Å². The summed E-state index contributed by atoms with van der Waals surface area (Å²) in [6.45, 7) is 1.82. The molecule has 0 aliphatic heterocycles. The summed E-state index contributed by atoms with van der Waals surface area (Å²) in [5.41, 5.74) is 0.518. The van der Waals surface area contributed by atoms with Crippen molar-refractivity contribution in [2.24, 2.45) is 0 Å². The third-order valence-corrected chi connectivity index (χ3v) is 4.19. The van der Waals surface area contributed by atoms with Crippen molar-refractivity contribution in [2.75, 3.05) is 0 Å². The van der Waals surface area contributed by atoms with Gasteiger partial charge in [0.1, 0.15) is 11.9 Å². The van der Waals surface area contributed by atoms with Gasteiger partial charge in [0.25, 0.3) is 10.0 Å². The minimum Gasteiger partial charge on any atom is -0.480 e. The van der Waals surface area contributed by atoms with Crippen molar-refractivity contribution in [1.82, 2.24) is 24.7 Å². The van der Waals surface area contributed by atoms with Crippen LogP contribution in [0.15, 0.2) is 23.7 Å². The SMILES string of the molecule is CCc1ncc(S(=O)(=O)N[C@@H](Cc2cnc[nH]2)C(=O)O)[nH]1. The number of aromatic amines is 2. The molecule has 1 atom stereocenters. The summed E-state index contributed by atoms with van der Waals surface area (Å²) in [4.78, 5) is 24.2. The molecule has 0 bridgehead atoms. The van der Waals surface area contributed by atoms with Crippen molar-refractivity contribution >= 4 is 16.0 Å². The molecule has 21 heavy (non-hydrogen) atoms. The van der Waals surface area contributed by atoms with E-state index in [9.17, 15) is 13.2 Å². The normalized spacial score (nSPS) is 13.2. The van der Waals surface area contributed by atoms with Crippen molar-refractivity contribution in [3.05, 3.63) is 30.2 Å². The Morgan fingerprint density at radius 1 is 1.48 bits per heavy atom. The van der Waals surface area contributed by atoms with Crippen LogP contribution in [0.1, 0.15) is 18.4 Å². The molecule has 0 saturated heterocycles. The monoisotopic (exact) mass is 313 g/mol. The maximum Gasteiger partial charge on any atom is 0.322 e. The molecule has 2 rings (SSSR count). The second kappa shape index (κ2) is 6.06. The summed E-state index contributed by atoms with van der Waals surface area (Å²) in [6, 6.07) is -1.30. The first-order valence-corrected chi connectivity index (χ1v) is 7.67. The zero-order valence-electron chi connectivity index (χ0n) is 11.2. The molecular formula is C11H15N5O4S. The first-order valence-electron chi connectivity index (χ1n) is 6.18. The van der Waals surface area contributed by atoms with Gasteiger partial charge in [-0.25, -0.2) is 18.4 Å². The lowest BCUT2D eigenvalue weighted by molar-refractivity contribution is -0.138. The smallest absolute Gasteiger partial charge is 0.322 e. The quantitative estimate of drug-likeness (QED) is 0.551. The molecule has 4 N–H and O–H groups in total. The number of carbonyl (C=O) groups is 1. The molecule has 2 heterocycles. The number of aromatic nitrogens is 4. The number of aliphatic carboxylic acids is 1. The number of hydrogen-bond donors (Lipinski definition) is 4. The minimum atomic E-state index is -3.98. The molecule has 0 aliphatic carbocycles. The molecule has 0 saturated carbocycles. The largest absolute Gasteiger partial charge is 0.480 e. The maximum absolute atomic E-state index is 12.1. The zero-order valence-corrected chi connectivity index (χ0v) is 12.0. The van der Waals surface area contributed by atoms with Gasteiger partial charge in [0.15, 0.2) is 5.03 Å². The van der Waals surface area contributed by atoms with Gasteiger partial charge in [-0.3, -0.25) is 4.79 Å². The average Bonchev–Trinajstić information content (AvgIpc) is 3.08. The second-order valence-electron chi connectivity index (χ2n) is 4.34. The standard InChI is InChI=1S/C11H15N5O4S/c1-2-9-13-5-10(15-9)21(19,20)16-8(11(17)18)3-7-4-12-6-14-7/h4-6,8,16H,2-3H2,1H3,(H,12,14)(H,13,15)(H,17,18)/t8-/m0/s1. The zero-order chi connectivity index (χ0) is 15.5. The van der Waals surface area contributed by atoms with E-state index in [2.05, 4.69) is 24.7 Å². The Morgan fingerprint density at radius 2 is 2.24 bits per heavy atom. The van der Waals surface area contributed by atoms with E-state index in [4.69, 9.17) is 5.11 Å². The number of sulfonamides is 1. The Labute approximate surface area is 120 Å². The number of aryl methyl sites for hydroxylation is 1. The Balaban J connectivity index is 2.17. The number of H-pyrrole nitrogens is 2. The molecule has 0 spiro atoms. The number of carboxylic acid groups (broad SMARTS) is 1. The van der Waals surface area contributed by atoms with E-state index in [1.807, 2.05) is 6.92 Å². The van der Waals surface area contributed by atoms with Crippen molar-refractivity contribution in [3.63, 3.8) is 0 Å². The van der Waals surface area contributed by atoms with Crippen LogP contribution in [0.4, 0.5) is 0 Å². The molecule has 0 radical (unpaired) electrons. The Morgan fingerprint density at radius 3 is 2.76 bits per heavy atom. The van der Waals surface area contributed by atoms with Crippen molar-refractivity contribution in [2.45, 2.75) is 30.8 Å². The number of nitrogens with one attached hydrogen (secondary N) is 3. The number of rotatable bonds is 7. The van der Waals surface area contributed by atoms with Crippen LogP contribution >= 0.6 is 0 Å². The molecule has 0 amide bonds. The third kappa shape index (κ3) is 3.67. The van der Waals surface area contributed by atoms with Gasteiger partial charge < -0.3 is 15.1 Å². The molecule has 2 aromatic rings. The highest BCUT2D eigenvalue weighted by Crippen LogP contribution is 2.08. The predicted octanol–water partition coefficient (Wildman–Crippen LogP) is -0.331. The van der Waals surface area contributed by atoms with Gasteiger partial charge in [0.05, 0.1) is 12.5 Å². The van der Waals surface area contributed by atoms with E-state index in [1.165, 1.54) is 12.5 Å². The van der Waals surface area contributed by atoms with Gasteiger partial charge in [0.2, 0.25) is 0 Å². The van der Waals surface area contributed by atoms with E-state index >= 15 is 0 Å². The van der Waals surface area contributed by atoms with E-state index in [-0.39, 0.29) is 11.4 Å². The van der Waals surface area contributed by atoms with Crippen molar-refractivity contribution < 1.29 is 18.3 Å². The molecule has 10 heteroatoms. The van der Waals surface area contributed by atoms with Crippen LogP contribution in [0, 0.1) is 0 Å². The number of imidazole rings is 2. The third-order valence-electron chi connectivity index (χ3n) is 2.80. The summed E-state index contributed by atoms with van der Waals surface area (Å²) in [7, 11) is -3.98. The average molecular weight is 313 g/mol. The first kappa shape index (κ1) is 15.2. The topological polar surface area (TPSA) is 141 Å². The van der Waals surface area contributed by atoms with E-state index < -0.39 is 22.0 Å². The molecule has 0 fully saturated rings. The predicted molar refractivity (Wildman–Crippen MR) is 72.0 cm³/mol.